The van der Waals surface area contributed by atoms with Crippen molar-refractivity contribution >= 4 is 5.91 Å². The lowest BCUT2D eigenvalue weighted by Gasteiger charge is -2.44. The Morgan fingerprint density at radius 3 is 2.09 bits per heavy atom. The minimum Gasteiger partial charge on any atom is -0.504 e. The Morgan fingerprint density at radius 2 is 1.64 bits per heavy atom. The highest BCUT2D eigenvalue weighted by Gasteiger charge is 2.41. The zero-order valence-electron chi connectivity index (χ0n) is 15.0. The molecule has 0 fully saturated rings. The lowest BCUT2D eigenvalue weighted by molar-refractivity contribution is -0.131. The van der Waals surface area contributed by atoms with Gasteiger partial charge in [0.1, 0.15) is 0 Å². The maximum Gasteiger partial charge on any atom is 0.225 e. The fourth-order valence-electron chi connectivity index (χ4n) is 2.05. The number of ether oxygens (including phenoxy) is 1. The second-order valence-electron chi connectivity index (χ2n) is 7.84. The van der Waals surface area contributed by atoms with Crippen LogP contribution in [0.3, 0.4) is 0 Å². The van der Waals surface area contributed by atoms with E-state index in [0.29, 0.717) is 5.75 Å². The molecule has 0 unspecified atom stereocenters. The number of amides is 1. The van der Waals surface area contributed by atoms with Crippen LogP contribution in [0.4, 0.5) is 0 Å². The van der Waals surface area contributed by atoms with Crippen LogP contribution in [0.2, 0.25) is 0 Å². The summed E-state index contributed by atoms with van der Waals surface area (Å²) in [5.74, 6) is 0.554. The number of hydrogen-bond donors (Lipinski definition) is 2. The summed E-state index contributed by atoms with van der Waals surface area (Å²) in [5, 5.41) is 12.9. The van der Waals surface area contributed by atoms with Crippen LogP contribution in [-0.4, -0.2) is 23.7 Å². The number of aromatic hydroxyl groups is 1. The summed E-state index contributed by atoms with van der Waals surface area (Å²) in [6.07, 6.45) is 0. The summed E-state index contributed by atoms with van der Waals surface area (Å²) < 4.78 is 5.19. The van der Waals surface area contributed by atoms with Crippen molar-refractivity contribution in [3.8, 4) is 11.5 Å². The second kappa shape index (κ2) is 5.82. The fourth-order valence-corrected chi connectivity index (χ4v) is 2.05. The van der Waals surface area contributed by atoms with Crippen LogP contribution < -0.4 is 10.1 Å². The van der Waals surface area contributed by atoms with Crippen molar-refractivity contribution in [1.82, 2.24) is 5.32 Å². The van der Waals surface area contributed by atoms with E-state index in [1.807, 2.05) is 46.8 Å². The van der Waals surface area contributed by atoms with E-state index in [-0.39, 0.29) is 17.1 Å². The van der Waals surface area contributed by atoms with Crippen LogP contribution in [0.25, 0.3) is 0 Å². The molecule has 0 bridgehead atoms. The van der Waals surface area contributed by atoms with Gasteiger partial charge in [-0.1, -0.05) is 40.7 Å². The monoisotopic (exact) mass is 307 g/mol. The Hall–Kier alpha value is -1.71. The zero-order chi connectivity index (χ0) is 17.3. The summed E-state index contributed by atoms with van der Waals surface area (Å²) in [7, 11) is 1.53. The molecule has 1 rings (SSSR count). The maximum atomic E-state index is 12.4. The predicted octanol–water partition coefficient (Wildman–Crippen LogP) is 3.62. The maximum absolute atomic E-state index is 12.4. The molecule has 4 nitrogen and oxygen atoms in total. The van der Waals surface area contributed by atoms with Gasteiger partial charge in [0.2, 0.25) is 5.91 Å². The molecular weight excluding hydrogens is 278 g/mol. The Balaban J connectivity index is 3.18. The Bertz CT molecular complexity index is 554. The molecule has 0 aromatic heterocycles. The van der Waals surface area contributed by atoms with Crippen LogP contribution in [0.15, 0.2) is 18.2 Å². The van der Waals surface area contributed by atoms with Gasteiger partial charge in [0.15, 0.2) is 11.5 Å². The third-order valence-electron chi connectivity index (χ3n) is 4.57. The summed E-state index contributed by atoms with van der Waals surface area (Å²) >= 11 is 0. The number of benzene rings is 1. The molecule has 0 aliphatic heterocycles. The average Bonchev–Trinajstić information content (AvgIpc) is 2.37. The van der Waals surface area contributed by atoms with E-state index in [4.69, 9.17) is 4.74 Å². The lowest BCUT2D eigenvalue weighted by atomic mass is 9.69. The van der Waals surface area contributed by atoms with Crippen LogP contribution in [0.1, 0.15) is 54.0 Å². The van der Waals surface area contributed by atoms with E-state index in [0.717, 1.165) is 5.56 Å². The van der Waals surface area contributed by atoms with E-state index in [9.17, 15) is 9.90 Å². The molecular formula is C18H29NO3. The number of phenolic OH excluding ortho intramolecular Hbond substituents is 1. The molecule has 0 saturated carbocycles. The van der Waals surface area contributed by atoms with Crippen molar-refractivity contribution in [2.45, 2.75) is 59.4 Å². The molecule has 124 valence electrons. The minimum atomic E-state index is -0.473. The quantitative estimate of drug-likeness (QED) is 0.893. The molecule has 0 atom stereocenters. The number of hydrogen-bond acceptors (Lipinski definition) is 3. The third-order valence-corrected chi connectivity index (χ3v) is 4.57. The number of phenols is 1. The number of carbonyl (C=O) groups is 1. The smallest absolute Gasteiger partial charge is 0.225 e. The lowest BCUT2D eigenvalue weighted by Crippen LogP contribution is -2.58. The van der Waals surface area contributed by atoms with E-state index in [2.05, 4.69) is 19.2 Å². The van der Waals surface area contributed by atoms with Gasteiger partial charge in [-0.2, -0.15) is 0 Å². The first-order valence-corrected chi connectivity index (χ1v) is 7.53. The summed E-state index contributed by atoms with van der Waals surface area (Å²) in [4.78, 5) is 12.4. The van der Waals surface area contributed by atoms with Gasteiger partial charge in [0.25, 0.3) is 0 Å². The van der Waals surface area contributed by atoms with Crippen molar-refractivity contribution in [3.05, 3.63) is 23.8 Å². The van der Waals surface area contributed by atoms with Gasteiger partial charge in [-0.3, -0.25) is 4.79 Å². The van der Waals surface area contributed by atoms with E-state index >= 15 is 0 Å². The van der Waals surface area contributed by atoms with Gasteiger partial charge in [-0.15, -0.1) is 0 Å². The first kappa shape index (κ1) is 18.3. The average molecular weight is 307 g/mol. The van der Waals surface area contributed by atoms with Gasteiger partial charge in [0.05, 0.1) is 7.11 Å². The van der Waals surface area contributed by atoms with Crippen molar-refractivity contribution < 1.29 is 14.6 Å². The van der Waals surface area contributed by atoms with Crippen molar-refractivity contribution in [3.63, 3.8) is 0 Å². The molecule has 0 saturated heterocycles. The largest absolute Gasteiger partial charge is 0.504 e. The van der Waals surface area contributed by atoms with Gasteiger partial charge in [-0.05, 0) is 31.5 Å². The standard InChI is InChI=1S/C18H29NO3/c1-16(2,3)15(21)19-18(6,7)17(4,5)12-9-10-13(20)14(11-12)22-8/h9-11,20H,1-8H3,(H,19,21). The van der Waals surface area contributed by atoms with E-state index in [1.54, 1.807) is 6.07 Å². The minimum absolute atomic E-state index is 0.0105. The van der Waals surface area contributed by atoms with Crippen LogP contribution in [0.5, 0.6) is 11.5 Å². The van der Waals surface area contributed by atoms with Crippen LogP contribution in [-0.2, 0) is 10.2 Å². The molecule has 0 spiro atoms. The number of nitrogens with one attached hydrogen (secondary N) is 1. The van der Waals surface area contributed by atoms with Crippen LogP contribution >= 0.6 is 0 Å². The molecule has 2 N–H and O–H groups in total. The van der Waals surface area contributed by atoms with Gasteiger partial charge >= 0.3 is 0 Å². The predicted molar refractivity (Wildman–Crippen MR) is 89.4 cm³/mol. The van der Waals surface area contributed by atoms with Crippen LogP contribution in [0, 0.1) is 5.41 Å². The molecule has 0 radical (unpaired) electrons. The molecule has 0 heterocycles. The number of carbonyl (C=O) groups excluding carboxylic acids is 1. The van der Waals surface area contributed by atoms with Crippen molar-refractivity contribution in [1.29, 1.82) is 0 Å². The Labute approximate surface area is 133 Å². The SMILES string of the molecule is COc1cc(C(C)(C)C(C)(C)NC(=O)C(C)(C)C)ccc1O. The summed E-state index contributed by atoms with van der Waals surface area (Å²) in [6, 6.07) is 5.31. The van der Waals surface area contributed by atoms with Gasteiger partial charge in [-0.25, -0.2) is 0 Å². The number of methoxy groups -OCH3 is 1. The molecule has 22 heavy (non-hydrogen) atoms. The third kappa shape index (κ3) is 3.54. The fraction of sp³-hybridized carbons (Fsp3) is 0.611. The zero-order valence-corrected chi connectivity index (χ0v) is 15.0. The Kier molecular flexibility index (Phi) is 4.85. The molecule has 0 aliphatic carbocycles. The normalized spacial score (nSPS) is 12.9. The molecule has 4 heteroatoms. The first-order valence-electron chi connectivity index (χ1n) is 7.53. The van der Waals surface area contributed by atoms with Gasteiger partial charge in [0, 0.05) is 16.4 Å². The highest BCUT2D eigenvalue weighted by molar-refractivity contribution is 5.82. The molecule has 1 aromatic carbocycles. The van der Waals surface area contributed by atoms with Crippen molar-refractivity contribution in [2.24, 2.45) is 5.41 Å². The van der Waals surface area contributed by atoms with Gasteiger partial charge < -0.3 is 15.2 Å². The Morgan fingerprint density at radius 1 is 1.09 bits per heavy atom. The summed E-state index contributed by atoms with van der Waals surface area (Å²) in [6.45, 7) is 13.9. The highest BCUT2D eigenvalue weighted by Crippen LogP contribution is 2.39. The van der Waals surface area contributed by atoms with E-state index in [1.165, 1.54) is 7.11 Å². The molecule has 0 aliphatic rings. The topological polar surface area (TPSA) is 58.6 Å². The number of rotatable bonds is 4. The highest BCUT2D eigenvalue weighted by atomic mass is 16.5. The van der Waals surface area contributed by atoms with E-state index < -0.39 is 11.0 Å². The first-order chi connectivity index (χ1) is 9.83. The van der Waals surface area contributed by atoms with Crippen molar-refractivity contribution in [2.75, 3.05) is 7.11 Å². The molecule has 1 aromatic rings. The molecule has 1 amide bonds. The summed E-state index contributed by atoms with van der Waals surface area (Å²) in [5.41, 5.74) is -0.282. The second-order valence-corrected chi connectivity index (χ2v) is 7.84.